The number of benzene rings is 1. The zero-order chi connectivity index (χ0) is 15.6. The lowest BCUT2D eigenvalue weighted by molar-refractivity contribution is -0.385. The average molecular weight is 291 g/mol. The molecule has 1 aliphatic heterocycles. The maximum atomic E-state index is 12.6. The van der Waals surface area contributed by atoms with Gasteiger partial charge in [-0.3, -0.25) is 14.9 Å². The van der Waals surface area contributed by atoms with Gasteiger partial charge in [-0.1, -0.05) is 13.8 Å². The molecule has 21 heavy (non-hydrogen) atoms. The Morgan fingerprint density at radius 3 is 2.48 bits per heavy atom. The Hall–Kier alpha value is -2.11. The van der Waals surface area contributed by atoms with Gasteiger partial charge >= 0.3 is 0 Å². The molecule has 1 aromatic carbocycles. The Balaban J connectivity index is 2.28. The van der Waals surface area contributed by atoms with Gasteiger partial charge in [0.05, 0.1) is 4.92 Å². The van der Waals surface area contributed by atoms with Crippen molar-refractivity contribution < 1.29 is 9.72 Å². The number of carbonyl (C=O) groups is 1. The molecule has 1 N–H and O–H groups in total. The molecule has 0 radical (unpaired) electrons. The third kappa shape index (κ3) is 3.32. The topological polar surface area (TPSA) is 75.5 Å². The fraction of sp³-hybridized carbons (Fsp3) is 0.533. The minimum absolute atomic E-state index is 0.135. The molecule has 1 amide bonds. The summed E-state index contributed by atoms with van der Waals surface area (Å²) in [5.74, 6) is -0.255. The number of rotatable bonds is 3. The highest BCUT2D eigenvalue weighted by Crippen LogP contribution is 2.31. The molecule has 0 aromatic heterocycles. The Morgan fingerprint density at radius 2 is 1.95 bits per heavy atom. The quantitative estimate of drug-likeness (QED) is 0.686. The summed E-state index contributed by atoms with van der Waals surface area (Å²) in [6.45, 7) is 5.65. The van der Waals surface area contributed by atoms with Gasteiger partial charge in [-0.25, -0.2) is 0 Å². The number of anilines is 1. The van der Waals surface area contributed by atoms with E-state index in [1.165, 1.54) is 6.07 Å². The molecule has 6 heteroatoms. The van der Waals surface area contributed by atoms with E-state index in [0.717, 1.165) is 12.8 Å². The minimum atomic E-state index is -0.499. The van der Waals surface area contributed by atoms with E-state index >= 15 is 0 Å². The number of nitro benzene ring substituents is 1. The van der Waals surface area contributed by atoms with Crippen LogP contribution in [0.15, 0.2) is 18.2 Å². The second-order valence-corrected chi connectivity index (χ2v) is 6.20. The van der Waals surface area contributed by atoms with Gasteiger partial charge < -0.3 is 10.2 Å². The highest BCUT2D eigenvalue weighted by atomic mass is 16.6. The predicted molar refractivity (Wildman–Crippen MR) is 81.6 cm³/mol. The van der Waals surface area contributed by atoms with Crippen molar-refractivity contribution in [2.24, 2.45) is 5.41 Å². The van der Waals surface area contributed by atoms with Gasteiger partial charge in [0.1, 0.15) is 5.56 Å². The van der Waals surface area contributed by atoms with Crippen LogP contribution in [0, 0.1) is 15.5 Å². The summed E-state index contributed by atoms with van der Waals surface area (Å²) in [6, 6.07) is 4.54. The van der Waals surface area contributed by atoms with Crippen LogP contribution in [0.2, 0.25) is 0 Å². The molecular formula is C15H21N3O3. The number of likely N-dealkylation sites (tertiary alicyclic amines) is 1. The smallest absolute Gasteiger partial charge is 0.282 e. The lowest BCUT2D eigenvalue weighted by Gasteiger charge is -2.36. The molecule has 114 valence electrons. The average Bonchev–Trinajstić information content (AvgIpc) is 2.45. The summed E-state index contributed by atoms with van der Waals surface area (Å²) < 4.78 is 0. The Morgan fingerprint density at radius 1 is 1.33 bits per heavy atom. The predicted octanol–water partition coefficient (Wildman–Crippen LogP) is 2.90. The fourth-order valence-electron chi connectivity index (χ4n) is 2.51. The van der Waals surface area contributed by atoms with Gasteiger partial charge in [0.2, 0.25) is 0 Å². The van der Waals surface area contributed by atoms with E-state index in [1.54, 1.807) is 24.1 Å². The van der Waals surface area contributed by atoms with E-state index in [-0.39, 0.29) is 22.6 Å². The van der Waals surface area contributed by atoms with Crippen LogP contribution < -0.4 is 5.32 Å². The number of nitrogens with one attached hydrogen (secondary N) is 1. The molecule has 1 heterocycles. The monoisotopic (exact) mass is 291 g/mol. The van der Waals surface area contributed by atoms with Crippen LogP contribution in [0.5, 0.6) is 0 Å². The molecule has 1 aliphatic rings. The molecule has 1 saturated heterocycles. The van der Waals surface area contributed by atoms with Crippen LogP contribution in [0.3, 0.4) is 0 Å². The van der Waals surface area contributed by atoms with Crippen molar-refractivity contribution in [1.29, 1.82) is 0 Å². The van der Waals surface area contributed by atoms with Crippen molar-refractivity contribution in [3.8, 4) is 0 Å². The van der Waals surface area contributed by atoms with Gasteiger partial charge in [0.25, 0.3) is 11.6 Å². The van der Waals surface area contributed by atoms with E-state index < -0.39 is 4.92 Å². The molecule has 0 saturated carbocycles. The number of piperidine rings is 1. The van der Waals surface area contributed by atoms with Gasteiger partial charge in [0.15, 0.2) is 0 Å². The molecule has 0 aliphatic carbocycles. The van der Waals surface area contributed by atoms with E-state index in [1.807, 2.05) is 0 Å². The highest BCUT2D eigenvalue weighted by molar-refractivity contribution is 5.99. The standard InChI is InChI=1S/C15H21N3O3/c1-15(2)6-8-17(9-7-15)14(19)12-10-11(16-3)4-5-13(12)18(20)21/h4-5,10,16H,6-9H2,1-3H3. The summed E-state index contributed by atoms with van der Waals surface area (Å²) in [7, 11) is 1.72. The second-order valence-electron chi connectivity index (χ2n) is 6.20. The Bertz CT molecular complexity index is 559. The summed E-state index contributed by atoms with van der Waals surface area (Å²) >= 11 is 0. The molecule has 0 spiro atoms. The SMILES string of the molecule is CNc1ccc([N+](=O)[O-])c(C(=O)N2CCC(C)(C)CC2)c1. The first kappa shape index (κ1) is 15.3. The molecule has 1 aromatic rings. The second kappa shape index (κ2) is 5.71. The maximum absolute atomic E-state index is 12.6. The summed E-state index contributed by atoms with van der Waals surface area (Å²) in [5, 5.41) is 14.0. The van der Waals surface area contributed by atoms with Gasteiger partial charge in [-0.2, -0.15) is 0 Å². The maximum Gasteiger partial charge on any atom is 0.282 e. The normalized spacial score (nSPS) is 17.4. The molecule has 1 fully saturated rings. The van der Waals surface area contributed by atoms with Crippen molar-refractivity contribution >= 4 is 17.3 Å². The number of amides is 1. The third-order valence-corrected chi connectivity index (χ3v) is 4.12. The van der Waals surface area contributed by atoms with Gasteiger partial charge in [-0.05, 0) is 30.4 Å². The van der Waals surface area contributed by atoms with Crippen LogP contribution in [0.4, 0.5) is 11.4 Å². The van der Waals surface area contributed by atoms with Crippen LogP contribution in [-0.2, 0) is 0 Å². The van der Waals surface area contributed by atoms with Crippen LogP contribution in [0.1, 0.15) is 37.0 Å². The Labute approximate surface area is 124 Å². The van der Waals surface area contributed by atoms with E-state index in [0.29, 0.717) is 18.8 Å². The number of hydrogen-bond acceptors (Lipinski definition) is 4. The highest BCUT2D eigenvalue weighted by Gasteiger charge is 2.31. The summed E-state index contributed by atoms with van der Waals surface area (Å²) in [4.78, 5) is 24.9. The Kier molecular flexibility index (Phi) is 4.16. The van der Waals surface area contributed by atoms with Gasteiger partial charge in [0, 0.05) is 31.9 Å². The number of nitrogens with zero attached hydrogens (tertiary/aromatic N) is 2. The van der Waals surface area contributed by atoms with E-state index in [9.17, 15) is 14.9 Å². The zero-order valence-electron chi connectivity index (χ0n) is 12.7. The lowest BCUT2D eigenvalue weighted by Crippen LogP contribution is -2.41. The zero-order valence-corrected chi connectivity index (χ0v) is 12.7. The number of hydrogen-bond donors (Lipinski definition) is 1. The van der Waals surface area contributed by atoms with E-state index in [2.05, 4.69) is 19.2 Å². The number of nitro groups is 1. The van der Waals surface area contributed by atoms with Crippen molar-refractivity contribution in [2.45, 2.75) is 26.7 Å². The largest absolute Gasteiger partial charge is 0.388 e. The van der Waals surface area contributed by atoms with Crippen molar-refractivity contribution in [2.75, 3.05) is 25.5 Å². The molecule has 6 nitrogen and oxygen atoms in total. The summed E-state index contributed by atoms with van der Waals surface area (Å²) in [5.41, 5.74) is 0.951. The third-order valence-electron chi connectivity index (χ3n) is 4.12. The first-order valence-electron chi connectivity index (χ1n) is 7.09. The van der Waals surface area contributed by atoms with Crippen molar-refractivity contribution in [3.63, 3.8) is 0 Å². The van der Waals surface area contributed by atoms with Gasteiger partial charge in [-0.15, -0.1) is 0 Å². The van der Waals surface area contributed by atoms with Crippen LogP contribution >= 0.6 is 0 Å². The van der Waals surface area contributed by atoms with E-state index in [4.69, 9.17) is 0 Å². The molecule has 0 unspecified atom stereocenters. The molecule has 2 rings (SSSR count). The lowest BCUT2D eigenvalue weighted by atomic mass is 9.82. The van der Waals surface area contributed by atoms with Crippen LogP contribution in [-0.4, -0.2) is 35.9 Å². The van der Waals surface area contributed by atoms with Crippen LogP contribution in [0.25, 0.3) is 0 Å². The fourth-order valence-corrected chi connectivity index (χ4v) is 2.51. The first-order valence-corrected chi connectivity index (χ1v) is 7.09. The first-order chi connectivity index (χ1) is 9.84. The molecule has 0 bridgehead atoms. The molecular weight excluding hydrogens is 270 g/mol. The van der Waals surface area contributed by atoms with Crippen molar-refractivity contribution in [1.82, 2.24) is 4.90 Å². The number of carbonyl (C=O) groups excluding carboxylic acids is 1. The molecule has 0 atom stereocenters. The minimum Gasteiger partial charge on any atom is -0.388 e. The van der Waals surface area contributed by atoms with Crippen molar-refractivity contribution in [3.05, 3.63) is 33.9 Å². The summed E-state index contributed by atoms with van der Waals surface area (Å²) in [6.07, 6.45) is 1.83.